The second-order valence-corrected chi connectivity index (χ2v) is 5.86. The Hall–Kier alpha value is -2.67. The molecule has 0 unspecified atom stereocenters. The lowest BCUT2D eigenvalue weighted by molar-refractivity contribution is 0.0536. The maximum atomic E-state index is 13.0. The molecule has 0 radical (unpaired) electrons. The van der Waals surface area contributed by atoms with Crippen LogP contribution in [0.15, 0.2) is 36.8 Å². The minimum absolute atomic E-state index is 0.0432. The number of benzene rings is 1. The van der Waals surface area contributed by atoms with E-state index in [0.717, 1.165) is 23.3 Å². The van der Waals surface area contributed by atoms with Crippen molar-refractivity contribution >= 4 is 16.8 Å². The second kappa shape index (κ2) is 5.51. The summed E-state index contributed by atoms with van der Waals surface area (Å²) in [6.07, 6.45) is 5.27. The van der Waals surface area contributed by atoms with Crippen LogP contribution in [-0.2, 0) is 0 Å². The van der Waals surface area contributed by atoms with Crippen molar-refractivity contribution in [3.05, 3.63) is 48.2 Å². The molecule has 4 rings (SSSR count). The van der Waals surface area contributed by atoms with E-state index in [-0.39, 0.29) is 11.9 Å². The molecule has 1 amide bonds. The zero-order valence-electron chi connectivity index (χ0n) is 12.9. The molecule has 0 saturated carbocycles. The average Bonchev–Trinajstić information content (AvgIpc) is 3.25. The highest BCUT2D eigenvalue weighted by molar-refractivity contribution is 6.06. The summed E-state index contributed by atoms with van der Waals surface area (Å²) in [5.74, 6) is 0.938. The fraction of sp³-hybridized carbons (Fsp3) is 0.312. The van der Waals surface area contributed by atoms with Gasteiger partial charge in [0.05, 0.1) is 23.3 Å². The fourth-order valence-corrected chi connectivity index (χ4v) is 3.14. The Morgan fingerprint density at radius 1 is 1.35 bits per heavy atom. The number of hydrogen-bond acceptors (Lipinski definition) is 4. The molecular weight excluding hydrogens is 292 g/mol. The normalized spacial score (nSPS) is 19.3. The number of amides is 1. The number of piperazine rings is 1. The summed E-state index contributed by atoms with van der Waals surface area (Å²) < 4.78 is 0. The van der Waals surface area contributed by atoms with Crippen molar-refractivity contribution in [2.45, 2.75) is 6.04 Å². The topological polar surface area (TPSA) is 80.9 Å². The summed E-state index contributed by atoms with van der Waals surface area (Å²) in [4.78, 5) is 24.6. The standard InChI is InChI=1S/C16H18N6O/c1-21-7-8-22(10-14(21)15-17-5-6-18-15)16(23)11-3-2-4-13-12(11)9-19-20-13/h2-6,9,14H,7-8,10H2,1H3,(H,17,18)(H,19,20)/t14-/m0/s1. The number of nitrogens with zero attached hydrogens (tertiary/aromatic N) is 4. The Morgan fingerprint density at radius 2 is 2.26 bits per heavy atom. The molecule has 2 N–H and O–H groups in total. The van der Waals surface area contributed by atoms with Gasteiger partial charge in [0.2, 0.25) is 0 Å². The summed E-state index contributed by atoms with van der Waals surface area (Å²) in [5.41, 5.74) is 1.58. The number of likely N-dealkylation sites (N-methyl/N-ethyl adjacent to an activating group) is 1. The van der Waals surface area contributed by atoms with Crippen molar-refractivity contribution in [1.82, 2.24) is 30.0 Å². The molecule has 23 heavy (non-hydrogen) atoms. The Balaban J connectivity index is 1.62. The maximum Gasteiger partial charge on any atom is 0.254 e. The van der Waals surface area contributed by atoms with Gasteiger partial charge in [-0.05, 0) is 19.2 Å². The number of carbonyl (C=O) groups excluding carboxylic acids is 1. The van der Waals surface area contributed by atoms with Gasteiger partial charge in [-0.2, -0.15) is 5.10 Å². The third-order valence-electron chi connectivity index (χ3n) is 4.49. The van der Waals surface area contributed by atoms with Crippen LogP contribution < -0.4 is 0 Å². The van der Waals surface area contributed by atoms with Gasteiger partial charge in [0, 0.05) is 37.4 Å². The molecule has 3 aromatic rings. The summed E-state index contributed by atoms with van der Waals surface area (Å²) in [5, 5.41) is 7.82. The number of hydrogen-bond donors (Lipinski definition) is 2. The predicted octanol–water partition coefficient (Wildman–Crippen LogP) is 1.41. The zero-order valence-corrected chi connectivity index (χ0v) is 12.9. The van der Waals surface area contributed by atoms with Gasteiger partial charge in [-0.25, -0.2) is 4.98 Å². The Bertz CT molecular complexity index is 824. The minimum Gasteiger partial charge on any atom is -0.347 e. The van der Waals surface area contributed by atoms with E-state index in [1.54, 1.807) is 12.4 Å². The van der Waals surface area contributed by atoms with E-state index in [1.807, 2.05) is 29.3 Å². The molecule has 1 aliphatic rings. The molecule has 2 aromatic heterocycles. The number of imidazole rings is 1. The third kappa shape index (κ3) is 2.39. The summed E-state index contributed by atoms with van der Waals surface area (Å²) in [7, 11) is 2.06. The number of H-pyrrole nitrogens is 2. The van der Waals surface area contributed by atoms with Crippen molar-refractivity contribution < 1.29 is 4.79 Å². The molecule has 7 nitrogen and oxygen atoms in total. The van der Waals surface area contributed by atoms with Crippen LogP contribution in [0.3, 0.4) is 0 Å². The molecule has 0 spiro atoms. The molecule has 1 atom stereocenters. The lowest BCUT2D eigenvalue weighted by atomic mass is 10.1. The number of aromatic nitrogens is 4. The first-order valence-electron chi connectivity index (χ1n) is 7.65. The number of aromatic amines is 2. The molecule has 1 aromatic carbocycles. The summed E-state index contributed by atoms with van der Waals surface area (Å²) >= 11 is 0. The number of rotatable bonds is 2. The van der Waals surface area contributed by atoms with Gasteiger partial charge in [0.25, 0.3) is 5.91 Å². The van der Waals surface area contributed by atoms with Gasteiger partial charge in [-0.1, -0.05) is 6.07 Å². The van der Waals surface area contributed by atoms with Crippen LogP contribution in [0.1, 0.15) is 22.2 Å². The highest BCUT2D eigenvalue weighted by Gasteiger charge is 2.30. The molecule has 1 saturated heterocycles. The average molecular weight is 310 g/mol. The maximum absolute atomic E-state index is 13.0. The van der Waals surface area contributed by atoms with Gasteiger partial charge >= 0.3 is 0 Å². The van der Waals surface area contributed by atoms with E-state index in [4.69, 9.17) is 0 Å². The molecule has 1 fully saturated rings. The first-order valence-corrected chi connectivity index (χ1v) is 7.65. The zero-order chi connectivity index (χ0) is 15.8. The third-order valence-corrected chi connectivity index (χ3v) is 4.49. The van der Waals surface area contributed by atoms with Crippen molar-refractivity contribution in [2.24, 2.45) is 0 Å². The Morgan fingerprint density at radius 3 is 3.09 bits per heavy atom. The quantitative estimate of drug-likeness (QED) is 0.750. The summed E-state index contributed by atoms with van der Waals surface area (Å²) in [6, 6.07) is 5.76. The second-order valence-electron chi connectivity index (χ2n) is 5.86. The van der Waals surface area contributed by atoms with E-state index >= 15 is 0 Å². The van der Waals surface area contributed by atoms with Crippen molar-refractivity contribution in [3.63, 3.8) is 0 Å². The van der Waals surface area contributed by atoms with Crippen molar-refractivity contribution in [3.8, 4) is 0 Å². The molecule has 0 bridgehead atoms. The van der Waals surface area contributed by atoms with Crippen molar-refractivity contribution in [2.75, 3.05) is 26.7 Å². The molecule has 0 aliphatic carbocycles. The minimum atomic E-state index is 0.0432. The lowest BCUT2D eigenvalue weighted by Crippen LogP contribution is -2.49. The van der Waals surface area contributed by atoms with Crippen molar-refractivity contribution in [1.29, 1.82) is 0 Å². The number of fused-ring (bicyclic) bond motifs is 1. The predicted molar refractivity (Wildman–Crippen MR) is 86.0 cm³/mol. The van der Waals surface area contributed by atoms with Crippen LogP contribution in [-0.4, -0.2) is 62.6 Å². The molecule has 3 heterocycles. The fourth-order valence-electron chi connectivity index (χ4n) is 3.14. The van der Waals surface area contributed by atoms with E-state index in [9.17, 15) is 4.79 Å². The first-order chi connectivity index (χ1) is 11.2. The van der Waals surface area contributed by atoms with Crippen LogP contribution in [0.5, 0.6) is 0 Å². The van der Waals surface area contributed by atoms with Gasteiger partial charge < -0.3 is 9.88 Å². The molecular formula is C16H18N6O. The SMILES string of the molecule is CN1CCN(C(=O)c2cccc3[nH]ncc23)C[C@H]1c1ncc[nH]1. The first kappa shape index (κ1) is 14.0. The Kier molecular flexibility index (Phi) is 3.34. The van der Waals surface area contributed by atoms with Crippen LogP contribution >= 0.6 is 0 Å². The molecule has 7 heteroatoms. The van der Waals surface area contributed by atoms with Crippen LogP contribution in [0.25, 0.3) is 10.9 Å². The smallest absolute Gasteiger partial charge is 0.254 e. The van der Waals surface area contributed by atoms with Gasteiger partial charge in [0.15, 0.2) is 0 Å². The molecule has 118 valence electrons. The van der Waals surface area contributed by atoms with Gasteiger partial charge in [0.1, 0.15) is 5.82 Å². The van der Waals surface area contributed by atoms with Crippen LogP contribution in [0, 0.1) is 0 Å². The monoisotopic (exact) mass is 310 g/mol. The van der Waals surface area contributed by atoms with E-state index in [0.29, 0.717) is 18.7 Å². The van der Waals surface area contributed by atoms with E-state index in [2.05, 4.69) is 32.1 Å². The summed E-state index contributed by atoms with van der Waals surface area (Å²) in [6.45, 7) is 2.15. The Labute approximate surface area is 133 Å². The highest BCUT2D eigenvalue weighted by Crippen LogP contribution is 2.24. The number of carbonyl (C=O) groups is 1. The van der Waals surface area contributed by atoms with Gasteiger partial charge in [-0.3, -0.25) is 14.8 Å². The van der Waals surface area contributed by atoms with E-state index < -0.39 is 0 Å². The van der Waals surface area contributed by atoms with Crippen LogP contribution in [0.2, 0.25) is 0 Å². The largest absolute Gasteiger partial charge is 0.347 e. The number of nitrogens with one attached hydrogen (secondary N) is 2. The highest BCUT2D eigenvalue weighted by atomic mass is 16.2. The van der Waals surface area contributed by atoms with Crippen LogP contribution in [0.4, 0.5) is 0 Å². The van der Waals surface area contributed by atoms with E-state index in [1.165, 1.54) is 0 Å². The molecule has 1 aliphatic heterocycles. The van der Waals surface area contributed by atoms with Gasteiger partial charge in [-0.15, -0.1) is 0 Å². The lowest BCUT2D eigenvalue weighted by Gasteiger charge is -2.38.